The predicted molar refractivity (Wildman–Crippen MR) is 93.8 cm³/mol. The highest BCUT2D eigenvalue weighted by Crippen LogP contribution is 2.32. The Labute approximate surface area is 162 Å². The number of amides is 1. The van der Waals surface area contributed by atoms with Crippen LogP contribution in [0.15, 0.2) is 47.9 Å². The molecule has 0 atom stereocenters. The van der Waals surface area contributed by atoms with Gasteiger partial charge in [0.15, 0.2) is 5.82 Å². The molecule has 152 valence electrons. The van der Waals surface area contributed by atoms with Crippen LogP contribution in [0.2, 0.25) is 0 Å². The Bertz CT molecular complexity index is 1200. The van der Waals surface area contributed by atoms with Crippen LogP contribution in [0.4, 0.5) is 18.0 Å². The first-order chi connectivity index (χ1) is 13.6. The van der Waals surface area contributed by atoms with Gasteiger partial charge < -0.3 is 10.0 Å². The van der Waals surface area contributed by atoms with Gasteiger partial charge in [0.25, 0.3) is 10.0 Å². The summed E-state index contributed by atoms with van der Waals surface area (Å²) >= 11 is 0. The predicted octanol–water partition coefficient (Wildman–Crippen LogP) is 2.71. The van der Waals surface area contributed by atoms with Crippen LogP contribution in [-0.4, -0.2) is 45.5 Å². The summed E-state index contributed by atoms with van der Waals surface area (Å²) in [7, 11) is -3.45. The minimum atomic E-state index is -4.60. The molecule has 0 spiro atoms. The summed E-state index contributed by atoms with van der Waals surface area (Å²) in [6.45, 7) is -0.514. The lowest BCUT2D eigenvalue weighted by atomic mass is 10.2. The summed E-state index contributed by atoms with van der Waals surface area (Å²) in [5.74, 6) is -3.24. The highest BCUT2D eigenvalue weighted by atomic mass is 32.2. The van der Waals surface area contributed by atoms with Crippen molar-refractivity contribution >= 4 is 16.1 Å². The molecule has 0 saturated carbocycles. The maximum Gasteiger partial charge on any atom is 0.407 e. The monoisotopic (exact) mass is 426 g/mol. The highest BCUT2D eigenvalue weighted by molar-refractivity contribution is 7.90. The van der Waals surface area contributed by atoms with E-state index in [0.717, 1.165) is 37.9 Å². The van der Waals surface area contributed by atoms with E-state index in [9.17, 15) is 22.0 Å². The van der Waals surface area contributed by atoms with E-state index < -0.39 is 56.4 Å². The molecule has 0 radical (unpaired) electrons. The van der Waals surface area contributed by atoms with Gasteiger partial charge >= 0.3 is 6.09 Å². The van der Waals surface area contributed by atoms with Crippen LogP contribution >= 0.6 is 0 Å². The average Bonchev–Trinajstić information content (AvgIpc) is 2.99. The molecule has 0 aliphatic heterocycles. The fourth-order valence-electron chi connectivity index (χ4n) is 2.58. The van der Waals surface area contributed by atoms with E-state index in [-0.39, 0.29) is 5.56 Å². The molecular weight excluding hydrogens is 413 g/mol. The van der Waals surface area contributed by atoms with Gasteiger partial charge in [0.1, 0.15) is 16.4 Å². The molecular formula is C17H13F3N4O4S. The van der Waals surface area contributed by atoms with E-state index in [1.54, 1.807) is 0 Å². The molecule has 3 heterocycles. The van der Waals surface area contributed by atoms with Gasteiger partial charge in [-0.05, 0) is 18.2 Å². The first-order valence-corrected chi connectivity index (χ1v) is 9.37. The molecule has 0 fully saturated rings. The second kappa shape index (κ2) is 7.54. The molecule has 0 saturated heterocycles. The molecule has 8 nitrogen and oxygen atoms in total. The van der Waals surface area contributed by atoms with E-state index >= 15 is 4.39 Å². The summed E-state index contributed by atoms with van der Waals surface area (Å²) in [6, 6.07) is 3.06. The third-order valence-corrected chi connectivity index (χ3v) is 5.59. The van der Waals surface area contributed by atoms with E-state index in [2.05, 4.69) is 9.97 Å². The van der Waals surface area contributed by atoms with Crippen LogP contribution in [0.5, 0.6) is 0 Å². The van der Waals surface area contributed by atoms with Crippen LogP contribution < -0.4 is 0 Å². The Hall–Kier alpha value is -3.41. The number of pyridine rings is 2. The van der Waals surface area contributed by atoms with Crippen molar-refractivity contribution < 1.29 is 31.5 Å². The van der Waals surface area contributed by atoms with Crippen molar-refractivity contribution in [1.82, 2.24) is 18.8 Å². The van der Waals surface area contributed by atoms with E-state index in [1.165, 1.54) is 6.07 Å². The Morgan fingerprint density at radius 1 is 1.28 bits per heavy atom. The van der Waals surface area contributed by atoms with Crippen LogP contribution in [0.3, 0.4) is 0 Å². The van der Waals surface area contributed by atoms with Crippen LogP contribution in [0, 0.1) is 17.6 Å². The van der Waals surface area contributed by atoms with Gasteiger partial charge in [0.05, 0.1) is 18.3 Å². The smallest absolute Gasteiger partial charge is 0.407 e. The first-order valence-electron chi connectivity index (χ1n) is 7.93. The maximum atomic E-state index is 15.1. The van der Waals surface area contributed by atoms with Gasteiger partial charge in [0.2, 0.25) is 5.95 Å². The topological polar surface area (TPSA) is 105 Å². The van der Waals surface area contributed by atoms with Gasteiger partial charge in [-0.15, -0.1) is 0 Å². The lowest BCUT2D eigenvalue weighted by Gasteiger charge is -2.11. The molecule has 29 heavy (non-hydrogen) atoms. The van der Waals surface area contributed by atoms with Crippen molar-refractivity contribution in [2.75, 3.05) is 7.05 Å². The maximum absolute atomic E-state index is 15.1. The number of hydrogen-bond donors (Lipinski definition) is 1. The molecule has 3 rings (SSSR count). The molecule has 0 bridgehead atoms. The van der Waals surface area contributed by atoms with Gasteiger partial charge in [-0.2, -0.15) is 4.39 Å². The quantitative estimate of drug-likeness (QED) is 0.629. The molecule has 3 aromatic rings. The molecule has 0 aromatic carbocycles. The number of rotatable bonds is 5. The molecule has 0 unspecified atom stereocenters. The highest BCUT2D eigenvalue weighted by Gasteiger charge is 2.29. The molecule has 1 N–H and O–H groups in total. The Morgan fingerprint density at radius 2 is 2.00 bits per heavy atom. The first kappa shape index (κ1) is 20.3. The Kier molecular flexibility index (Phi) is 5.29. The summed E-state index contributed by atoms with van der Waals surface area (Å²) in [5, 5.41) is 9.00. The van der Waals surface area contributed by atoms with Crippen LogP contribution in [0.1, 0.15) is 5.56 Å². The molecule has 1 amide bonds. The number of halogens is 3. The summed E-state index contributed by atoms with van der Waals surface area (Å²) < 4.78 is 69.2. The molecule has 3 aromatic heterocycles. The Balaban J connectivity index is 2.28. The fourth-order valence-corrected chi connectivity index (χ4v) is 3.95. The molecule has 0 aliphatic carbocycles. The third-order valence-electron chi connectivity index (χ3n) is 3.97. The average molecular weight is 426 g/mol. The van der Waals surface area contributed by atoms with Crippen molar-refractivity contribution in [3.63, 3.8) is 0 Å². The molecule has 12 heteroatoms. The van der Waals surface area contributed by atoms with Crippen molar-refractivity contribution in [3.8, 4) is 11.3 Å². The van der Waals surface area contributed by atoms with Gasteiger partial charge in [-0.1, -0.05) is 0 Å². The zero-order valence-corrected chi connectivity index (χ0v) is 15.6. The van der Waals surface area contributed by atoms with Crippen LogP contribution in [-0.2, 0) is 16.6 Å². The van der Waals surface area contributed by atoms with Gasteiger partial charge in [0, 0.05) is 31.2 Å². The van der Waals surface area contributed by atoms with Crippen LogP contribution in [0.25, 0.3) is 11.3 Å². The number of carboxylic acid groups (broad SMARTS) is 1. The number of aromatic nitrogens is 3. The fraction of sp³-hybridized carbons (Fsp3) is 0.118. The number of nitrogens with zero attached hydrogens (tertiary/aromatic N) is 4. The number of carbonyl (C=O) groups is 1. The third kappa shape index (κ3) is 3.78. The van der Waals surface area contributed by atoms with Gasteiger partial charge in [-0.3, -0.25) is 4.98 Å². The van der Waals surface area contributed by atoms with Crippen molar-refractivity contribution in [2.45, 2.75) is 11.4 Å². The second-order valence-electron chi connectivity index (χ2n) is 5.94. The normalized spacial score (nSPS) is 11.4. The standard InChI is InChI=1S/C17H13F3N4O4S/c1-23(17(25)26)8-10-9-24(29(27,28)12-5-11(18)6-21-7-12)15(14(10)19)13-3-2-4-22-16(13)20/h2-7,9H,8H2,1H3,(H,25,26). The SMILES string of the molecule is CN(Cc1cn(S(=O)(=O)c2cncc(F)c2)c(-c2cccnc2F)c1F)C(=O)O. The minimum Gasteiger partial charge on any atom is -0.465 e. The zero-order valence-electron chi connectivity index (χ0n) is 14.8. The lowest BCUT2D eigenvalue weighted by molar-refractivity contribution is 0.153. The van der Waals surface area contributed by atoms with Crippen molar-refractivity contribution in [2.24, 2.45) is 0 Å². The van der Waals surface area contributed by atoms with E-state index in [4.69, 9.17) is 5.11 Å². The summed E-state index contributed by atoms with van der Waals surface area (Å²) in [4.78, 5) is 18.0. The largest absolute Gasteiger partial charge is 0.465 e. The van der Waals surface area contributed by atoms with Crippen molar-refractivity contribution in [1.29, 1.82) is 0 Å². The van der Waals surface area contributed by atoms with E-state index in [1.807, 2.05) is 0 Å². The van der Waals surface area contributed by atoms with Crippen molar-refractivity contribution in [3.05, 3.63) is 66.1 Å². The number of hydrogen-bond acceptors (Lipinski definition) is 5. The minimum absolute atomic E-state index is 0.332. The van der Waals surface area contributed by atoms with E-state index in [0.29, 0.717) is 14.9 Å². The zero-order chi connectivity index (χ0) is 21.3. The van der Waals surface area contributed by atoms with Gasteiger partial charge in [-0.25, -0.2) is 30.9 Å². The second-order valence-corrected chi connectivity index (χ2v) is 7.75. The molecule has 0 aliphatic rings. The lowest BCUT2D eigenvalue weighted by Crippen LogP contribution is -2.24. The Morgan fingerprint density at radius 3 is 2.62 bits per heavy atom. The summed E-state index contributed by atoms with van der Waals surface area (Å²) in [6.07, 6.45) is 2.15. The summed E-state index contributed by atoms with van der Waals surface area (Å²) in [5.41, 5.74) is -1.50.